The highest BCUT2D eigenvalue weighted by molar-refractivity contribution is 9.10. The normalized spacial score (nSPS) is 12.7. The summed E-state index contributed by atoms with van der Waals surface area (Å²) in [5.74, 6) is 0.985. The van der Waals surface area contributed by atoms with Gasteiger partial charge in [0.2, 0.25) is 6.79 Å². The molecule has 0 aromatic heterocycles. The maximum atomic E-state index is 12.0. The van der Waals surface area contributed by atoms with E-state index in [0.717, 1.165) is 15.6 Å². The van der Waals surface area contributed by atoms with Crippen LogP contribution in [0, 0.1) is 6.92 Å². The van der Waals surface area contributed by atoms with Gasteiger partial charge in [-0.3, -0.25) is 4.79 Å². The molecule has 0 radical (unpaired) electrons. The summed E-state index contributed by atoms with van der Waals surface area (Å²) in [4.78, 5) is 12.0. The minimum atomic E-state index is -0.333. The number of rotatable bonds is 3. The van der Waals surface area contributed by atoms with Gasteiger partial charge in [0, 0.05) is 20.6 Å². The Morgan fingerprint density at radius 2 is 2.04 bits per heavy atom. The van der Waals surface area contributed by atoms with E-state index in [1.54, 1.807) is 30.3 Å². The maximum absolute atomic E-state index is 12.0. The lowest BCUT2D eigenvalue weighted by Gasteiger charge is -2.03. The number of hydrazone groups is 1. The standard InChI is InChI=1S/C16H12BrClN2O3/c1-9-2-3-10(4-13(9)18)16(21)20-19-7-11-5-14-15(6-12(11)17)23-8-22-14/h2-7H,8H2,1H3,(H,20,21)/b19-7-. The van der Waals surface area contributed by atoms with Crippen molar-refractivity contribution in [3.63, 3.8) is 0 Å². The molecule has 0 bridgehead atoms. The SMILES string of the molecule is Cc1ccc(C(=O)N/N=C\c2cc3c(cc2Br)OCO3)cc1Cl. The number of carbonyl (C=O) groups is 1. The van der Waals surface area contributed by atoms with Crippen molar-refractivity contribution in [2.75, 3.05) is 6.79 Å². The molecule has 0 unspecified atom stereocenters. The van der Waals surface area contributed by atoms with Crippen molar-refractivity contribution >= 4 is 39.7 Å². The van der Waals surface area contributed by atoms with Gasteiger partial charge in [0.1, 0.15) is 0 Å². The predicted octanol–water partition coefficient (Wildman–Crippen LogP) is 3.90. The van der Waals surface area contributed by atoms with Gasteiger partial charge >= 0.3 is 0 Å². The smallest absolute Gasteiger partial charge is 0.271 e. The number of hydrogen-bond donors (Lipinski definition) is 1. The summed E-state index contributed by atoms with van der Waals surface area (Å²) >= 11 is 9.43. The van der Waals surface area contributed by atoms with Gasteiger partial charge in [-0.2, -0.15) is 5.10 Å². The molecule has 1 aliphatic heterocycles. The number of hydrogen-bond acceptors (Lipinski definition) is 4. The van der Waals surface area contributed by atoms with Gasteiger partial charge in [-0.15, -0.1) is 0 Å². The molecule has 0 atom stereocenters. The van der Waals surface area contributed by atoms with Crippen molar-refractivity contribution in [1.82, 2.24) is 5.43 Å². The summed E-state index contributed by atoms with van der Waals surface area (Å²) in [6.07, 6.45) is 1.53. The molecule has 0 saturated heterocycles. The average molecular weight is 396 g/mol. The molecule has 2 aromatic rings. The maximum Gasteiger partial charge on any atom is 0.271 e. The third-order valence-corrected chi connectivity index (χ3v) is 4.39. The summed E-state index contributed by atoms with van der Waals surface area (Å²) in [7, 11) is 0. The minimum absolute atomic E-state index is 0.202. The Morgan fingerprint density at radius 1 is 1.30 bits per heavy atom. The lowest BCUT2D eigenvalue weighted by molar-refractivity contribution is 0.0955. The van der Waals surface area contributed by atoms with Crippen molar-refractivity contribution in [3.05, 3.63) is 56.5 Å². The summed E-state index contributed by atoms with van der Waals surface area (Å²) in [6, 6.07) is 8.67. The van der Waals surface area contributed by atoms with Crippen LogP contribution in [0.25, 0.3) is 0 Å². The van der Waals surface area contributed by atoms with Crippen LogP contribution in [0.2, 0.25) is 5.02 Å². The lowest BCUT2D eigenvalue weighted by atomic mass is 10.1. The van der Waals surface area contributed by atoms with Gasteiger partial charge in [-0.25, -0.2) is 5.43 Å². The molecule has 1 N–H and O–H groups in total. The zero-order valence-electron chi connectivity index (χ0n) is 12.1. The molecule has 2 aromatic carbocycles. The molecular formula is C16H12BrClN2O3. The van der Waals surface area contributed by atoms with E-state index >= 15 is 0 Å². The highest BCUT2D eigenvalue weighted by Crippen LogP contribution is 2.36. The Balaban J connectivity index is 1.71. The molecule has 1 aliphatic rings. The number of benzene rings is 2. The number of ether oxygens (including phenoxy) is 2. The molecule has 1 amide bonds. The zero-order chi connectivity index (χ0) is 16.4. The zero-order valence-corrected chi connectivity index (χ0v) is 14.4. The van der Waals surface area contributed by atoms with Crippen molar-refractivity contribution in [2.24, 2.45) is 5.10 Å². The first-order valence-electron chi connectivity index (χ1n) is 6.73. The number of halogens is 2. The van der Waals surface area contributed by atoms with E-state index < -0.39 is 0 Å². The minimum Gasteiger partial charge on any atom is -0.454 e. The van der Waals surface area contributed by atoms with Crippen LogP contribution in [-0.2, 0) is 0 Å². The van der Waals surface area contributed by atoms with E-state index in [4.69, 9.17) is 21.1 Å². The van der Waals surface area contributed by atoms with Gasteiger partial charge in [-0.05, 0) is 52.7 Å². The first kappa shape index (κ1) is 15.8. The van der Waals surface area contributed by atoms with Gasteiger partial charge < -0.3 is 9.47 Å². The Bertz CT molecular complexity index is 808. The van der Waals surface area contributed by atoms with Crippen LogP contribution < -0.4 is 14.9 Å². The van der Waals surface area contributed by atoms with E-state index in [-0.39, 0.29) is 12.7 Å². The Labute approximate surface area is 146 Å². The quantitative estimate of drug-likeness (QED) is 0.633. The second kappa shape index (κ2) is 6.60. The van der Waals surface area contributed by atoms with Crippen LogP contribution in [0.4, 0.5) is 0 Å². The van der Waals surface area contributed by atoms with Crippen molar-refractivity contribution in [2.45, 2.75) is 6.92 Å². The van der Waals surface area contributed by atoms with Crippen LogP contribution in [0.1, 0.15) is 21.5 Å². The molecule has 1 heterocycles. The Morgan fingerprint density at radius 3 is 2.78 bits per heavy atom. The number of fused-ring (bicyclic) bond motifs is 1. The fourth-order valence-electron chi connectivity index (χ4n) is 1.99. The fraction of sp³-hybridized carbons (Fsp3) is 0.125. The monoisotopic (exact) mass is 394 g/mol. The van der Waals surface area contributed by atoms with Crippen LogP contribution in [-0.4, -0.2) is 18.9 Å². The van der Waals surface area contributed by atoms with E-state index in [2.05, 4.69) is 26.5 Å². The molecule has 0 spiro atoms. The topological polar surface area (TPSA) is 59.9 Å². The molecule has 3 rings (SSSR count). The van der Waals surface area contributed by atoms with E-state index in [9.17, 15) is 4.79 Å². The lowest BCUT2D eigenvalue weighted by Crippen LogP contribution is -2.17. The molecule has 23 heavy (non-hydrogen) atoms. The van der Waals surface area contributed by atoms with Crippen molar-refractivity contribution in [1.29, 1.82) is 0 Å². The summed E-state index contributed by atoms with van der Waals surface area (Å²) in [5, 5.41) is 4.50. The first-order chi connectivity index (χ1) is 11.0. The highest BCUT2D eigenvalue weighted by Gasteiger charge is 2.15. The third-order valence-electron chi connectivity index (χ3n) is 3.30. The number of aryl methyl sites for hydroxylation is 1. The van der Waals surface area contributed by atoms with Crippen LogP contribution >= 0.6 is 27.5 Å². The number of nitrogens with one attached hydrogen (secondary N) is 1. The molecule has 5 nitrogen and oxygen atoms in total. The van der Waals surface area contributed by atoms with Crippen LogP contribution in [0.5, 0.6) is 11.5 Å². The number of amides is 1. The molecule has 0 saturated carbocycles. The fourth-order valence-corrected chi connectivity index (χ4v) is 2.60. The summed E-state index contributed by atoms with van der Waals surface area (Å²) < 4.78 is 11.4. The van der Waals surface area contributed by atoms with Crippen molar-refractivity contribution < 1.29 is 14.3 Å². The van der Waals surface area contributed by atoms with Crippen molar-refractivity contribution in [3.8, 4) is 11.5 Å². The third kappa shape index (κ3) is 3.48. The van der Waals surface area contributed by atoms with E-state index in [1.807, 2.05) is 6.92 Å². The molecule has 7 heteroatoms. The van der Waals surface area contributed by atoms with Crippen LogP contribution in [0.15, 0.2) is 39.9 Å². The Hall–Kier alpha value is -2.05. The second-order valence-corrected chi connectivity index (χ2v) is 6.15. The van der Waals surface area contributed by atoms with Gasteiger partial charge in [0.15, 0.2) is 11.5 Å². The molecular weight excluding hydrogens is 384 g/mol. The van der Waals surface area contributed by atoms with Gasteiger partial charge in [-0.1, -0.05) is 17.7 Å². The second-order valence-electron chi connectivity index (χ2n) is 4.89. The molecule has 0 fully saturated rings. The van der Waals surface area contributed by atoms with E-state index in [1.165, 1.54) is 6.21 Å². The predicted molar refractivity (Wildman–Crippen MR) is 91.5 cm³/mol. The summed E-state index contributed by atoms with van der Waals surface area (Å²) in [6.45, 7) is 2.08. The number of carbonyl (C=O) groups excluding carboxylic acids is 1. The molecule has 118 valence electrons. The summed E-state index contributed by atoms with van der Waals surface area (Å²) in [5.41, 5.74) is 4.59. The average Bonchev–Trinajstić information content (AvgIpc) is 2.97. The van der Waals surface area contributed by atoms with E-state index in [0.29, 0.717) is 22.1 Å². The number of nitrogens with zero attached hydrogens (tertiary/aromatic N) is 1. The van der Waals surface area contributed by atoms with Gasteiger partial charge in [0.25, 0.3) is 5.91 Å². The van der Waals surface area contributed by atoms with Gasteiger partial charge in [0.05, 0.1) is 6.21 Å². The Kier molecular flexibility index (Phi) is 4.54. The van der Waals surface area contributed by atoms with Crippen LogP contribution in [0.3, 0.4) is 0 Å². The first-order valence-corrected chi connectivity index (χ1v) is 7.90. The largest absolute Gasteiger partial charge is 0.454 e. The highest BCUT2D eigenvalue weighted by atomic mass is 79.9. The molecule has 0 aliphatic carbocycles.